The summed E-state index contributed by atoms with van der Waals surface area (Å²) in [5.74, 6) is 0.594. The summed E-state index contributed by atoms with van der Waals surface area (Å²) < 4.78 is 20.5. The van der Waals surface area contributed by atoms with Crippen LogP contribution in [0.4, 0.5) is 10.1 Å². The van der Waals surface area contributed by atoms with E-state index in [1.54, 1.807) is 47.0 Å². The van der Waals surface area contributed by atoms with Gasteiger partial charge in [0.25, 0.3) is 0 Å². The molecule has 0 aliphatic heterocycles. The van der Waals surface area contributed by atoms with Crippen molar-refractivity contribution in [3.63, 3.8) is 0 Å². The average Bonchev–Trinajstić information content (AvgIpc) is 2.87. The van der Waals surface area contributed by atoms with E-state index in [4.69, 9.17) is 22.1 Å². The number of nitrogens with zero attached hydrogens (tertiary/aromatic N) is 2. The maximum absolute atomic E-state index is 13.1. The quantitative estimate of drug-likeness (QED) is 0.755. The highest BCUT2D eigenvalue weighted by Gasteiger charge is 2.16. The van der Waals surface area contributed by atoms with Gasteiger partial charge >= 0.3 is 0 Å². The Bertz CT molecular complexity index is 896. The Morgan fingerprint density at radius 3 is 2.42 bits per heavy atom. The maximum atomic E-state index is 13.1. The Morgan fingerprint density at radius 2 is 1.79 bits per heavy atom. The molecule has 2 N–H and O–H groups in total. The van der Waals surface area contributed by atoms with E-state index in [2.05, 4.69) is 6.07 Å². The number of halogens is 2. The second-order valence-corrected chi connectivity index (χ2v) is 5.61. The second-order valence-electron chi connectivity index (χ2n) is 5.17. The molecule has 0 radical (unpaired) electrons. The third kappa shape index (κ3) is 3.34. The van der Waals surface area contributed by atoms with E-state index in [9.17, 15) is 9.65 Å². The fraction of sp³-hybridized carbons (Fsp3) is 0.0556. The van der Waals surface area contributed by atoms with Crippen LogP contribution in [0.5, 0.6) is 11.6 Å². The standard InChI is InChI=1S/C18H13ClFN3O/c19-13-3-7-16(8-4-13)24-18-17(22)9-15(10-21)23(18)11-12-1-5-14(20)6-2-12/h1-9H,11,22H2. The van der Waals surface area contributed by atoms with Crippen molar-refractivity contribution in [1.29, 1.82) is 5.26 Å². The van der Waals surface area contributed by atoms with Crippen LogP contribution in [-0.4, -0.2) is 4.57 Å². The fourth-order valence-corrected chi connectivity index (χ4v) is 2.43. The summed E-state index contributed by atoms with van der Waals surface area (Å²) in [6.45, 7) is 0.337. The molecule has 0 bridgehead atoms. The van der Waals surface area contributed by atoms with Gasteiger partial charge in [-0.2, -0.15) is 5.26 Å². The molecule has 0 amide bonds. The zero-order valence-corrected chi connectivity index (χ0v) is 13.3. The number of hydrogen-bond donors (Lipinski definition) is 1. The normalized spacial score (nSPS) is 10.4. The minimum absolute atomic E-state index is 0.316. The van der Waals surface area contributed by atoms with Gasteiger partial charge in [0.15, 0.2) is 0 Å². The first-order chi connectivity index (χ1) is 11.6. The number of benzene rings is 2. The van der Waals surface area contributed by atoms with Gasteiger partial charge in [-0.3, -0.25) is 4.57 Å². The zero-order valence-electron chi connectivity index (χ0n) is 12.5. The summed E-state index contributed by atoms with van der Waals surface area (Å²) in [7, 11) is 0. The van der Waals surface area contributed by atoms with Gasteiger partial charge in [0.2, 0.25) is 5.88 Å². The summed E-state index contributed by atoms with van der Waals surface area (Å²) in [6, 6.07) is 16.5. The minimum Gasteiger partial charge on any atom is -0.439 e. The van der Waals surface area contributed by atoms with Crippen molar-refractivity contribution in [1.82, 2.24) is 4.57 Å². The smallest absolute Gasteiger partial charge is 0.224 e. The van der Waals surface area contributed by atoms with Gasteiger partial charge in [-0.05, 0) is 42.0 Å². The summed E-state index contributed by atoms with van der Waals surface area (Å²) >= 11 is 5.86. The Hall–Kier alpha value is -2.97. The van der Waals surface area contributed by atoms with Crippen molar-refractivity contribution in [2.45, 2.75) is 6.54 Å². The van der Waals surface area contributed by atoms with Gasteiger partial charge in [0.05, 0.1) is 12.2 Å². The van der Waals surface area contributed by atoms with Crippen molar-refractivity contribution >= 4 is 17.3 Å². The van der Waals surface area contributed by atoms with E-state index in [1.807, 2.05) is 0 Å². The third-order valence-corrected chi connectivity index (χ3v) is 3.72. The van der Waals surface area contributed by atoms with Gasteiger partial charge in [-0.15, -0.1) is 0 Å². The lowest BCUT2D eigenvalue weighted by Gasteiger charge is -2.12. The largest absolute Gasteiger partial charge is 0.439 e. The lowest BCUT2D eigenvalue weighted by atomic mass is 10.2. The Balaban J connectivity index is 1.96. The van der Waals surface area contributed by atoms with Crippen LogP contribution >= 0.6 is 11.6 Å². The summed E-state index contributed by atoms with van der Waals surface area (Å²) in [5, 5.41) is 9.91. The highest BCUT2D eigenvalue weighted by atomic mass is 35.5. The molecule has 120 valence electrons. The molecule has 1 aromatic heterocycles. The van der Waals surface area contributed by atoms with Gasteiger partial charge in [0, 0.05) is 11.1 Å². The van der Waals surface area contributed by atoms with Crippen molar-refractivity contribution in [3.8, 4) is 17.7 Å². The van der Waals surface area contributed by atoms with E-state index in [0.717, 1.165) is 5.56 Å². The van der Waals surface area contributed by atoms with Gasteiger partial charge in [-0.1, -0.05) is 23.7 Å². The zero-order chi connectivity index (χ0) is 17.1. The molecule has 0 spiro atoms. The predicted molar refractivity (Wildman–Crippen MR) is 90.6 cm³/mol. The highest BCUT2D eigenvalue weighted by Crippen LogP contribution is 2.32. The molecule has 0 saturated heterocycles. The van der Waals surface area contributed by atoms with E-state index < -0.39 is 0 Å². The molecule has 3 rings (SSSR count). The van der Waals surface area contributed by atoms with Crippen molar-refractivity contribution in [3.05, 3.63) is 76.7 Å². The Kier molecular flexibility index (Phi) is 4.41. The number of aromatic nitrogens is 1. The van der Waals surface area contributed by atoms with Crippen molar-refractivity contribution < 1.29 is 9.13 Å². The molecule has 1 heterocycles. The molecular formula is C18H13ClFN3O. The number of nitriles is 1. The molecule has 0 fully saturated rings. The summed E-state index contributed by atoms with van der Waals surface area (Å²) in [4.78, 5) is 0. The van der Waals surface area contributed by atoms with Crippen LogP contribution in [0.25, 0.3) is 0 Å². The van der Waals surface area contributed by atoms with Gasteiger partial charge in [-0.25, -0.2) is 4.39 Å². The average molecular weight is 342 g/mol. The number of ether oxygens (including phenoxy) is 1. The van der Waals surface area contributed by atoms with Crippen LogP contribution in [0.3, 0.4) is 0 Å². The fourth-order valence-electron chi connectivity index (χ4n) is 2.30. The first-order valence-electron chi connectivity index (χ1n) is 7.14. The van der Waals surface area contributed by atoms with Crippen LogP contribution < -0.4 is 10.5 Å². The molecule has 24 heavy (non-hydrogen) atoms. The molecule has 4 nitrogen and oxygen atoms in total. The lowest BCUT2D eigenvalue weighted by molar-refractivity contribution is 0.437. The monoisotopic (exact) mass is 341 g/mol. The topological polar surface area (TPSA) is 64.0 Å². The van der Waals surface area contributed by atoms with Crippen LogP contribution in [0, 0.1) is 17.1 Å². The van der Waals surface area contributed by atoms with E-state index in [1.165, 1.54) is 12.1 Å². The highest BCUT2D eigenvalue weighted by molar-refractivity contribution is 6.30. The first-order valence-corrected chi connectivity index (χ1v) is 7.51. The number of anilines is 1. The molecule has 0 saturated carbocycles. The van der Waals surface area contributed by atoms with E-state index in [0.29, 0.717) is 34.6 Å². The second kappa shape index (κ2) is 6.65. The Morgan fingerprint density at radius 1 is 1.12 bits per heavy atom. The molecule has 0 atom stereocenters. The molecule has 0 unspecified atom stereocenters. The number of rotatable bonds is 4. The van der Waals surface area contributed by atoms with Crippen molar-refractivity contribution in [2.75, 3.05) is 5.73 Å². The Labute approximate surface area is 143 Å². The minimum atomic E-state index is -0.316. The SMILES string of the molecule is N#Cc1cc(N)c(Oc2ccc(Cl)cc2)n1Cc1ccc(F)cc1. The molecule has 0 aliphatic rings. The van der Waals surface area contributed by atoms with Crippen LogP contribution in [0.2, 0.25) is 5.02 Å². The predicted octanol–water partition coefficient (Wildman–Crippen LogP) is 4.58. The van der Waals surface area contributed by atoms with Crippen LogP contribution in [0.1, 0.15) is 11.3 Å². The molecule has 6 heteroatoms. The van der Waals surface area contributed by atoms with Gasteiger partial charge < -0.3 is 10.5 Å². The van der Waals surface area contributed by atoms with E-state index in [-0.39, 0.29) is 5.82 Å². The number of hydrogen-bond acceptors (Lipinski definition) is 3. The third-order valence-electron chi connectivity index (χ3n) is 3.47. The maximum Gasteiger partial charge on any atom is 0.224 e. The number of nitrogen functional groups attached to an aromatic ring is 1. The van der Waals surface area contributed by atoms with E-state index >= 15 is 0 Å². The summed E-state index contributed by atoms with van der Waals surface area (Å²) in [5.41, 5.74) is 7.53. The van der Waals surface area contributed by atoms with Crippen molar-refractivity contribution in [2.24, 2.45) is 0 Å². The van der Waals surface area contributed by atoms with Gasteiger partial charge in [0.1, 0.15) is 23.3 Å². The lowest BCUT2D eigenvalue weighted by Crippen LogP contribution is -2.05. The summed E-state index contributed by atoms with van der Waals surface area (Å²) in [6.07, 6.45) is 0. The molecule has 0 aliphatic carbocycles. The molecule has 3 aromatic rings. The van der Waals surface area contributed by atoms with Crippen LogP contribution in [-0.2, 0) is 6.54 Å². The van der Waals surface area contributed by atoms with Crippen LogP contribution in [0.15, 0.2) is 54.6 Å². The molecule has 2 aromatic carbocycles. The first kappa shape index (κ1) is 15.9. The number of nitrogens with two attached hydrogens (primary N) is 1. The molecular weight excluding hydrogens is 329 g/mol.